The average molecular weight is 279 g/mol. The smallest absolute Gasteiger partial charge is 0.322 e. The Morgan fingerprint density at radius 1 is 1.28 bits per heavy atom. The summed E-state index contributed by atoms with van der Waals surface area (Å²) >= 11 is 0. The molecule has 0 aliphatic heterocycles. The van der Waals surface area contributed by atoms with E-state index in [0.717, 1.165) is 12.8 Å². The normalized spacial score (nSPS) is 13.3. The molecule has 0 aromatic carbocycles. The zero-order valence-electron chi connectivity index (χ0n) is 11.0. The van der Waals surface area contributed by atoms with Crippen molar-refractivity contribution >= 4 is 21.7 Å². The second-order valence-electron chi connectivity index (χ2n) is 4.51. The first-order chi connectivity index (χ1) is 8.22. The van der Waals surface area contributed by atoms with Crippen LogP contribution in [-0.2, 0) is 19.4 Å². The van der Waals surface area contributed by atoms with Gasteiger partial charge in [0.15, 0.2) is 15.1 Å². The van der Waals surface area contributed by atoms with Crippen molar-refractivity contribution in [3.8, 4) is 0 Å². The fourth-order valence-electron chi connectivity index (χ4n) is 1.58. The average Bonchev–Trinajstić information content (AvgIpc) is 2.14. The molecule has 7 heteroatoms. The summed E-state index contributed by atoms with van der Waals surface area (Å²) in [6.45, 7) is 5.36. The Labute approximate surface area is 108 Å². The Bertz CT molecular complexity index is 388. The van der Waals surface area contributed by atoms with E-state index in [0.29, 0.717) is 6.54 Å². The number of aliphatic carboxylic acids is 1. The molecule has 2 N–H and O–H groups in total. The van der Waals surface area contributed by atoms with Gasteiger partial charge in [-0.1, -0.05) is 27.2 Å². The number of sulfone groups is 1. The van der Waals surface area contributed by atoms with Crippen LogP contribution in [0.5, 0.6) is 0 Å². The summed E-state index contributed by atoms with van der Waals surface area (Å²) in [6.07, 6.45) is 1.65. The summed E-state index contributed by atoms with van der Waals surface area (Å²) in [7, 11) is -3.97. The van der Waals surface area contributed by atoms with E-state index in [1.165, 1.54) is 13.8 Å². The summed E-state index contributed by atoms with van der Waals surface area (Å²) < 4.78 is 23.6. The van der Waals surface area contributed by atoms with Gasteiger partial charge < -0.3 is 10.4 Å². The van der Waals surface area contributed by atoms with Gasteiger partial charge in [-0.2, -0.15) is 0 Å². The number of carbonyl (C=O) groups excluding carboxylic acids is 1. The molecule has 106 valence electrons. The van der Waals surface area contributed by atoms with E-state index < -0.39 is 38.6 Å². The first-order valence-corrected chi connectivity index (χ1v) is 7.65. The number of rotatable bonds is 8. The van der Waals surface area contributed by atoms with Crippen LogP contribution >= 0.6 is 0 Å². The SMILES string of the molecule is CCCCNC(=O)CS(=O)(=O)C(C(=O)O)C(C)C. The summed E-state index contributed by atoms with van der Waals surface area (Å²) in [5.74, 6) is -3.40. The van der Waals surface area contributed by atoms with Crippen LogP contribution in [0.15, 0.2) is 0 Å². The van der Waals surface area contributed by atoms with Crippen LogP contribution in [0, 0.1) is 5.92 Å². The zero-order chi connectivity index (χ0) is 14.3. The van der Waals surface area contributed by atoms with Gasteiger partial charge in [0.05, 0.1) is 0 Å². The topological polar surface area (TPSA) is 101 Å². The van der Waals surface area contributed by atoms with Crippen LogP contribution in [0.3, 0.4) is 0 Å². The summed E-state index contributed by atoms with van der Waals surface area (Å²) in [4.78, 5) is 22.3. The number of amides is 1. The fraction of sp³-hybridized carbons (Fsp3) is 0.818. The molecular formula is C11H21NO5S. The van der Waals surface area contributed by atoms with Crippen LogP contribution < -0.4 is 5.32 Å². The van der Waals surface area contributed by atoms with E-state index in [1.54, 1.807) is 0 Å². The Hall–Kier alpha value is -1.11. The maximum Gasteiger partial charge on any atom is 0.322 e. The highest BCUT2D eigenvalue weighted by atomic mass is 32.2. The molecule has 0 aromatic rings. The van der Waals surface area contributed by atoms with Crippen molar-refractivity contribution in [3.63, 3.8) is 0 Å². The van der Waals surface area contributed by atoms with E-state index in [4.69, 9.17) is 5.11 Å². The number of carbonyl (C=O) groups is 2. The molecule has 1 unspecified atom stereocenters. The van der Waals surface area contributed by atoms with Gasteiger partial charge in [0.1, 0.15) is 5.75 Å². The predicted octanol–water partition coefficient (Wildman–Crippen LogP) is 0.427. The lowest BCUT2D eigenvalue weighted by Crippen LogP contribution is -2.41. The molecule has 0 aromatic heterocycles. The van der Waals surface area contributed by atoms with Gasteiger partial charge in [0.25, 0.3) is 0 Å². The van der Waals surface area contributed by atoms with Crippen molar-refractivity contribution in [3.05, 3.63) is 0 Å². The van der Waals surface area contributed by atoms with Crippen LogP contribution in [0.4, 0.5) is 0 Å². The lowest BCUT2D eigenvalue weighted by Gasteiger charge is -2.16. The van der Waals surface area contributed by atoms with Crippen LogP contribution in [-0.4, -0.2) is 42.9 Å². The van der Waals surface area contributed by atoms with E-state index in [2.05, 4.69) is 5.32 Å². The minimum absolute atomic E-state index is 0.407. The minimum atomic E-state index is -3.97. The molecule has 0 spiro atoms. The number of carboxylic acids is 1. The van der Waals surface area contributed by atoms with Gasteiger partial charge in [-0.15, -0.1) is 0 Å². The fourth-order valence-corrected chi connectivity index (χ4v) is 3.37. The molecule has 6 nitrogen and oxygen atoms in total. The lowest BCUT2D eigenvalue weighted by atomic mass is 10.1. The second-order valence-corrected chi connectivity index (χ2v) is 6.64. The number of hydrogen-bond donors (Lipinski definition) is 2. The number of carboxylic acid groups (broad SMARTS) is 1. The molecule has 0 aliphatic carbocycles. The molecule has 0 bridgehead atoms. The van der Waals surface area contributed by atoms with E-state index in [-0.39, 0.29) is 0 Å². The maximum absolute atomic E-state index is 11.8. The minimum Gasteiger partial charge on any atom is -0.480 e. The molecule has 0 heterocycles. The molecule has 0 saturated heterocycles. The molecule has 1 atom stereocenters. The molecule has 18 heavy (non-hydrogen) atoms. The molecular weight excluding hydrogens is 258 g/mol. The van der Waals surface area contributed by atoms with Gasteiger partial charge in [-0.3, -0.25) is 9.59 Å². The molecule has 0 fully saturated rings. The van der Waals surface area contributed by atoms with Gasteiger partial charge in [0, 0.05) is 6.54 Å². The van der Waals surface area contributed by atoms with E-state index >= 15 is 0 Å². The standard InChI is InChI=1S/C11H21NO5S/c1-4-5-6-12-9(13)7-18(16,17)10(8(2)3)11(14)15/h8,10H,4-7H2,1-3H3,(H,12,13)(H,14,15). The second kappa shape index (κ2) is 7.35. The molecule has 0 radical (unpaired) electrons. The molecule has 0 aliphatic rings. The number of unbranched alkanes of at least 4 members (excludes halogenated alkanes) is 1. The van der Waals surface area contributed by atoms with E-state index in [9.17, 15) is 18.0 Å². The van der Waals surface area contributed by atoms with Crippen molar-refractivity contribution in [2.24, 2.45) is 5.92 Å². The first kappa shape index (κ1) is 16.9. The Morgan fingerprint density at radius 3 is 2.22 bits per heavy atom. The highest BCUT2D eigenvalue weighted by Gasteiger charge is 2.36. The maximum atomic E-state index is 11.8. The van der Waals surface area contributed by atoms with Crippen molar-refractivity contribution in [2.75, 3.05) is 12.3 Å². The Balaban J connectivity index is 4.63. The van der Waals surface area contributed by atoms with E-state index in [1.807, 2.05) is 6.92 Å². The Morgan fingerprint density at radius 2 is 1.83 bits per heavy atom. The summed E-state index contributed by atoms with van der Waals surface area (Å²) in [6, 6.07) is 0. The van der Waals surface area contributed by atoms with Crippen molar-refractivity contribution in [1.82, 2.24) is 5.32 Å². The van der Waals surface area contributed by atoms with Gasteiger partial charge in [0.2, 0.25) is 5.91 Å². The quantitative estimate of drug-likeness (QED) is 0.627. The molecule has 0 rings (SSSR count). The highest BCUT2D eigenvalue weighted by Crippen LogP contribution is 2.13. The van der Waals surface area contributed by atoms with Gasteiger partial charge in [-0.25, -0.2) is 8.42 Å². The number of hydrogen-bond acceptors (Lipinski definition) is 4. The van der Waals surface area contributed by atoms with Crippen molar-refractivity contribution in [2.45, 2.75) is 38.9 Å². The summed E-state index contributed by atoms with van der Waals surface area (Å²) in [5, 5.41) is 9.82. The zero-order valence-corrected chi connectivity index (χ0v) is 11.8. The first-order valence-electron chi connectivity index (χ1n) is 5.93. The molecule has 0 saturated carbocycles. The third kappa shape index (κ3) is 5.48. The Kier molecular flexibility index (Phi) is 6.90. The number of nitrogens with one attached hydrogen (secondary N) is 1. The monoisotopic (exact) mass is 279 g/mol. The largest absolute Gasteiger partial charge is 0.480 e. The lowest BCUT2D eigenvalue weighted by molar-refractivity contribution is -0.137. The third-order valence-electron chi connectivity index (χ3n) is 2.42. The van der Waals surface area contributed by atoms with Gasteiger partial charge >= 0.3 is 5.97 Å². The van der Waals surface area contributed by atoms with Crippen molar-refractivity contribution < 1.29 is 23.1 Å². The summed E-state index contributed by atoms with van der Waals surface area (Å²) in [5.41, 5.74) is 0. The van der Waals surface area contributed by atoms with Crippen LogP contribution in [0.1, 0.15) is 33.6 Å². The molecule has 1 amide bonds. The third-order valence-corrected chi connectivity index (χ3v) is 4.60. The van der Waals surface area contributed by atoms with Gasteiger partial charge in [-0.05, 0) is 12.3 Å². The van der Waals surface area contributed by atoms with Crippen LogP contribution in [0.2, 0.25) is 0 Å². The predicted molar refractivity (Wildman–Crippen MR) is 68.0 cm³/mol. The highest BCUT2D eigenvalue weighted by molar-refractivity contribution is 7.93. The van der Waals surface area contributed by atoms with Crippen molar-refractivity contribution in [1.29, 1.82) is 0 Å². The van der Waals surface area contributed by atoms with Crippen LogP contribution in [0.25, 0.3) is 0 Å².